The van der Waals surface area contributed by atoms with Crippen molar-refractivity contribution < 1.29 is 14.0 Å². The molecule has 1 aromatic heterocycles. The lowest BCUT2D eigenvalue weighted by molar-refractivity contribution is -0.139. The molecule has 2 saturated heterocycles. The van der Waals surface area contributed by atoms with Crippen molar-refractivity contribution in [2.45, 2.75) is 19.4 Å². The number of nitrogens with zero attached hydrogens (tertiary/aromatic N) is 2. The Hall–Kier alpha value is -1.78. The number of hydrogen-bond donors (Lipinski definition) is 0. The number of rotatable bonds is 3. The fourth-order valence-corrected chi connectivity index (χ4v) is 2.48. The molecule has 0 radical (unpaired) electrons. The Balaban J connectivity index is 1.61. The highest BCUT2D eigenvalue weighted by Gasteiger charge is 2.37. The van der Waals surface area contributed by atoms with Crippen LogP contribution in [0.1, 0.15) is 18.6 Å². The molecule has 96 valence electrons. The minimum absolute atomic E-state index is 0.0465. The smallest absolute Gasteiger partial charge is 0.227 e. The largest absolute Gasteiger partial charge is 0.467 e. The van der Waals surface area contributed by atoms with Gasteiger partial charge in [0, 0.05) is 26.1 Å². The Labute approximate surface area is 105 Å². The minimum Gasteiger partial charge on any atom is -0.467 e. The van der Waals surface area contributed by atoms with E-state index in [0.29, 0.717) is 19.5 Å². The van der Waals surface area contributed by atoms with Gasteiger partial charge < -0.3 is 14.2 Å². The molecule has 1 aromatic rings. The summed E-state index contributed by atoms with van der Waals surface area (Å²) in [6.07, 6.45) is 3.02. The highest BCUT2D eigenvalue weighted by Crippen LogP contribution is 2.24. The summed E-state index contributed by atoms with van der Waals surface area (Å²) in [5, 5.41) is 0. The molecule has 3 rings (SSSR count). The van der Waals surface area contributed by atoms with Gasteiger partial charge in [0.25, 0.3) is 0 Å². The van der Waals surface area contributed by atoms with E-state index in [1.807, 2.05) is 11.0 Å². The van der Waals surface area contributed by atoms with Gasteiger partial charge in [-0.05, 0) is 18.6 Å². The Kier molecular flexibility index (Phi) is 2.81. The molecule has 18 heavy (non-hydrogen) atoms. The van der Waals surface area contributed by atoms with E-state index in [1.54, 1.807) is 17.2 Å². The van der Waals surface area contributed by atoms with Crippen molar-refractivity contribution in [2.75, 3.05) is 19.6 Å². The maximum atomic E-state index is 12.0. The first-order chi connectivity index (χ1) is 8.74. The number of amides is 2. The van der Waals surface area contributed by atoms with Gasteiger partial charge >= 0.3 is 0 Å². The van der Waals surface area contributed by atoms with Gasteiger partial charge in [-0.25, -0.2) is 0 Å². The van der Waals surface area contributed by atoms with E-state index in [-0.39, 0.29) is 17.7 Å². The zero-order chi connectivity index (χ0) is 12.5. The molecule has 2 aliphatic heterocycles. The predicted octanol–water partition coefficient (Wildman–Crippen LogP) is 0.860. The van der Waals surface area contributed by atoms with Crippen molar-refractivity contribution in [3.05, 3.63) is 24.2 Å². The van der Waals surface area contributed by atoms with Crippen LogP contribution >= 0.6 is 0 Å². The number of furan rings is 1. The van der Waals surface area contributed by atoms with Gasteiger partial charge in [0.1, 0.15) is 5.76 Å². The van der Waals surface area contributed by atoms with Crippen LogP contribution in [0, 0.1) is 5.92 Å². The molecule has 0 N–H and O–H groups in total. The van der Waals surface area contributed by atoms with E-state index in [9.17, 15) is 9.59 Å². The lowest BCUT2D eigenvalue weighted by atomic mass is 10.0. The van der Waals surface area contributed by atoms with Gasteiger partial charge in [-0.3, -0.25) is 9.59 Å². The standard InChI is InChI=1S/C13H16N2O3/c16-12-7-10(13(17)14-4-2-5-14)8-15(12)9-11-3-1-6-18-11/h1,3,6,10H,2,4-5,7-9H2. The number of likely N-dealkylation sites (tertiary alicyclic amines) is 2. The Morgan fingerprint density at radius 3 is 2.89 bits per heavy atom. The maximum absolute atomic E-state index is 12.0. The Morgan fingerprint density at radius 1 is 1.44 bits per heavy atom. The van der Waals surface area contributed by atoms with E-state index < -0.39 is 0 Å². The fraction of sp³-hybridized carbons (Fsp3) is 0.538. The fourth-order valence-electron chi connectivity index (χ4n) is 2.48. The van der Waals surface area contributed by atoms with Gasteiger partial charge in [0.15, 0.2) is 0 Å². The molecule has 0 bridgehead atoms. The zero-order valence-corrected chi connectivity index (χ0v) is 10.2. The maximum Gasteiger partial charge on any atom is 0.227 e. The lowest BCUT2D eigenvalue weighted by Crippen LogP contribution is -2.45. The van der Waals surface area contributed by atoms with Gasteiger partial charge in [-0.15, -0.1) is 0 Å². The zero-order valence-electron chi connectivity index (χ0n) is 10.2. The lowest BCUT2D eigenvalue weighted by Gasteiger charge is -2.32. The van der Waals surface area contributed by atoms with Crippen molar-refractivity contribution in [2.24, 2.45) is 5.92 Å². The number of carbonyl (C=O) groups excluding carboxylic acids is 2. The first kappa shape index (κ1) is 11.3. The molecular formula is C13H16N2O3. The molecule has 1 unspecified atom stereocenters. The van der Waals surface area contributed by atoms with Crippen LogP contribution in [0.3, 0.4) is 0 Å². The van der Waals surface area contributed by atoms with Crippen molar-refractivity contribution in [3.8, 4) is 0 Å². The summed E-state index contributed by atoms with van der Waals surface area (Å²) in [5.74, 6) is 0.787. The van der Waals surface area contributed by atoms with E-state index in [0.717, 1.165) is 25.3 Å². The summed E-state index contributed by atoms with van der Waals surface area (Å²) in [7, 11) is 0. The van der Waals surface area contributed by atoms with Gasteiger partial charge in [-0.2, -0.15) is 0 Å². The Morgan fingerprint density at radius 2 is 2.28 bits per heavy atom. The number of carbonyl (C=O) groups is 2. The first-order valence-electron chi connectivity index (χ1n) is 6.33. The third-order valence-electron chi connectivity index (χ3n) is 3.66. The van der Waals surface area contributed by atoms with Crippen LogP contribution in [0.4, 0.5) is 0 Å². The van der Waals surface area contributed by atoms with Gasteiger partial charge in [0.05, 0.1) is 18.7 Å². The Bertz CT molecular complexity index is 451. The monoisotopic (exact) mass is 248 g/mol. The van der Waals surface area contributed by atoms with Crippen LogP contribution in [-0.4, -0.2) is 41.2 Å². The molecule has 0 saturated carbocycles. The van der Waals surface area contributed by atoms with Gasteiger partial charge in [-0.1, -0.05) is 0 Å². The molecule has 2 amide bonds. The van der Waals surface area contributed by atoms with E-state index in [2.05, 4.69) is 0 Å². The highest BCUT2D eigenvalue weighted by molar-refractivity contribution is 5.89. The van der Waals surface area contributed by atoms with Crippen molar-refractivity contribution in [1.82, 2.24) is 9.80 Å². The number of hydrogen-bond acceptors (Lipinski definition) is 3. The predicted molar refractivity (Wildman–Crippen MR) is 63.4 cm³/mol. The second kappa shape index (κ2) is 4.48. The van der Waals surface area contributed by atoms with Crippen LogP contribution in [-0.2, 0) is 16.1 Å². The second-order valence-corrected chi connectivity index (χ2v) is 4.93. The SMILES string of the molecule is O=C1CC(C(=O)N2CCC2)CN1Cc1ccco1. The molecule has 2 aliphatic rings. The summed E-state index contributed by atoms with van der Waals surface area (Å²) in [6, 6.07) is 3.65. The summed E-state index contributed by atoms with van der Waals surface area (Å²) in [5.41, 5.74) is 0. The first-order valence-corrected chi connectivity index (χ1v) is 6.33. The van der Waals surface area contributed by atoms with Crippen LogP contribution in [0.5, 0.6) is 0 Å². The molecule has 5 heteroatoms. The van der Waals surface area contributed by atoms with Crippen LogP contribution in [0.15, 0.2) is 22.8 Å². The molecule has 3 heterocycles. The molecule has 5 nitrogen and oxygen atoms in total. The average Bonchev–Trinajstić information content (AvgIpc) is 2.87. The summed E-state index contributed by atoms with van der Waals surface area (Å²) in [6.45, 7) is 2.69. The van der Waals surface area contributed by atoms with Crippen LogP contribution in [0.2, 0.25) is 0 Å². The van der Waals surface area contributed by atoms with E-state index in [1.165, 1.54) is 0 Å². The summed E-state index contributed by atoms with van der Waals surface area (Å²) >= 11 is 0. The molecule has 2 fully saturated rings. The van der Waals surface area contributed by atoms with Crippen molar-refractivity contribution >= 4 is 11.8 Å². The molecule has 0 spiro atoms. The van der Waals surface area contributed by atoms with E-state index in [4.69, 9.17) is 4.42 Å². The summed E-state index contributed by atoms with van der Waals surface area (Å²) in [4.78, 5) is 27.5. The topological polar surface area (TPSA) is 53.8 Å². The van der Waals surface area contributed by atoms with Gasteiger partial charge in [0.2, 0.25) is 11.8 Å². The molecular weight excluding hydrogens is 232 g/mol. The third kappa shape index (κ3) is 2.00. The minimum atomic E-state index is -0.159. The normalized spacial score (nSPS) is 23.3. The van der Waals surface area contributed by atoms with Crippen molar-refractivity contribution in [3.63, 3.8) is 0 Å². The highest BCUT2D eigenvalue weighted by atomic mass is 16.3. The van der Waals surface area contributed by atoms with Crippen LogP contribution < -0.4 is 0 Å². The molecule has 1 atom stereocenters. The molecule has 0 aromatic carbocycles. The quantitative estimate of drug-likeness (QED) is 0.797. The average molecular weight is 248 g/mol. The third-order valence-corrected chi connectivity index (χ3v) is 3.66. The summed E-state index contributed by atoms with van der Waals surface area (Å²) < 4.78 is 5.23. The second-order valence-electron chi connectivity index (χ2n) is 4.93. The van der Waals surface area contributed by atoms with Crippen molar-refractivity contribution in [1.29, 1.82) is 0 Å². The van der Waals surface area contributed by atoms with E-state index >= 15 is 0 Å². The van der Waals surface area contributed by atoms with Crippen LogP contribution in [0.25, 0.3) is 0 Å². The molecule has 0 aliphatic carbocycles.